The Hall–Kier alpha value is -2.75. The molecule has 2 heterocycles. The van der Waals surface area contributed by atoms with Crippen LogP contribution >= 0.6 is 0 Å². The maximum absolute atomic E-state index is 12.9. The highest BCUT2D eigenvalue weighted by Gasteiger charge is 2.33. The number of methoxy groups -OCH3 is 3. The Morgan fingerprint density at radius 1 is 0.931 bits per heavy atom. The van der Waals surface area contributed by atoms with Crippen LogP contribution in [-0.2, 0) is 12.7 Å². The minimum Gasteiger partial charge on any atom is -0.493 e. The van der Waals surface area contributed by atoms with Crippen LogP contribution < -0.4 is 19.1 Å². The Morgan fingerprint density at radius 3 is 2.21 bits per heavy atom. The van der Waals surface area contributed by atoms with Gasteiger partial charge in [-0.25, -0.2) is 9.97 Å². The predicted molar refractivity (Wildman–Crippen MR) is 101 cm³/mol. The molecular formula is C19H23F3N4O3. The molecule has 0 amide bonds. The number of nitrogens with zero attached hydrogens (tertiary/aromatic N) is 4. The lowest BCUT2D eigenvalue weighted by Crippen LogP contribution is -2.46. The molecule has 158 valence electrons. The van der Waals surface area contributed by atoms with Crippen molar-refractivity contribution in [3.8, 4) is 17.2 Å². The molecule has 1 aromatic carbocycles. The summed E-state index contributed by atoms with van der Waals surface area (Å²) in [7, 11) is 4.69. The summed E-state index contributed by atoms with van der Waals surface area (Å²) in [6.45, 7) is 2.96. The summed E-state index contributed by atoms with van der Waals surface area (Å²) in [6, 6.07) is 4.62. The Balaban J connectivity index is 1.68. The zero-order chi connectivity index (χ0) is 21.0. The maximum Gasteiger partial charge on any atom is 0.433 e. The molecule has 1 aromatic heterocycles. The van der Waals surface area contributed by atoms with Crippen LogP contribution in [0.4, 0.5) is 19.1 Å². The number of alkyl halides is 3. The number of rotatable bonds is 6. The fraction of sp³-hybridized carbons (Fsp3) is 0.474. The highest BCUT2D eigenvalue weighted by molar-refractivity contribution is 5.55. The molecule has 0 saturated carbocycles. The molecule has 1 aliphatic rings. The maximum atomic E-state index is 12.9. The van der Waals surface area contributed by atoms with Crippen LogP contribution in [0.5, 0.6) is 17.2 Å². The second-order valence-electron chi connectivity index (χ2n) is 6.50. The van der Waals surface area contributed by atoms with Crippen LogP contribution in [0.25, 0.3) is 0 Å². The molecule has 0 spiro atoms. The van der Waals surface area contributed by atoms with Crippen LogP contribution in [0, 0.1) is 0 Å². The van der Waals surface area contributed by atoms with Crippen molar-refractivity contribution >= 4 is 5.95 Å². The van der Waals surface area contributed by atoms with Gasteiger partial charge < -0.3 is 19.1 Å². The summed E-state index contributed by atoms with van der Waals surface area (Å²) >= 11 is 0. The fourth-order valence-electron chi connectivity index (χ4n) is 3.29. The lowest BCUT2D eigenvalue weighted by atomic mass is 10.1. The van der Waals surface area contributed by atoms with Crippen LogP contribution in [0.3, 0.4) is 0 Å². The van der Waals surface area contributed by atoms with Gasteiger partial charge in [0.2, 0.25) is 11.7 Å². The largest absolute Gasteiger partial charge is 0.493 e. The van der Waals surface area contributed by atoms with Gasteiger partial charge in [-0.2, -0.15) is 13.2 Å². The minimum atomic E-state index is -4.48. The Morgan fingerprint density at radius 2 is 1.62 bits per heavy atom. The average Bonchev–Trinajstić information content (AvgIpc) is 2.73. The molecule has 0 bridgehead atoms. The molecule has 0 radical (unpaired) electrons. The number of aromatic nitrogens is 2. The van der Waals surface area contributed by atoms with Gasteiger partial charge in [0.25, 0.3) is 0 Å². The van der Waals surface area contributed by atoms with Crippen molar-refractivity contribution in [1.82, 2.24) is 14.9 Å². The van der Waals surface area contributed by atoms with E-state index >= 15 is 0 Å². The highest BCUT2D eigenvalue weighted by atomic mass is 19.4. The monoisotopic (exact) mass is 412 g/mol. The van der Waals surface area contributed by atoms with Crippen molar-refractivity contribution in [3.63, 3.8) is 0 Å². The van der Waals surface area contributed by atoms with Crippen molar-refractivity contribution in [1.29, 1.82) is 0 Å². The predicted octanol–water partition coefficient (Wildman–Crippen LogP) is 2.84. The lowest BCUT2D eigenvalue weighted by molar-refractivity contribution is -0.141. The zero-order valence-electron chi connectivity index (χ0n) is 16.5. The van der Waals surface area contributed by atoms with E-state index in [9.17, 15) is 13.2 Å². The molecule has 2 aromatic rings. The highest BCUT2D eigenvalue weighted by Crippen LogP contribution is 2.40. The summed E-state index contributed by atoms with van der Waals surface area (Å²) in [5.41, 5.74) is 0.00825. The van der Waals surface area contributed by atoms with Crippen molar-refractivity contribution in [3.05, 3.63) is 35.7 Å². The SMILES string of the molecule is COc1ccc(CN2CCN(c3nccc(C(F)(F)F)n3)CC2)c(OC)c1OC. The topological polar surface area (TPSA) is 60.0 Å². The van der Waals surface area contributed by atoms with E-state index in [1.807, 2.05) is 12.1 Å². The number of ether oxygens (including phenoxy) is 3. The molecule has 0 atom stereocenters. The summed E-state index contributed by atoms with van der Waals surface area (Å²) in [6.07, 6.45) is -3.34. The van der Waals surface area contributed by atoms with Gasteiger partial charge in [0.05, 0.1) is 21.3 Å². The van der Waals surface area contributed by atoms with Gasteiger partial charge in [-0.3, -0.25) is 4.90 Å². The van der Waals surface area contributed by atoms with E-state index in [0.29, 0.717) is 50.0 Å². The van der Waals surface area contributed by atoms with E-state index < -0.39 is 11.9 Å². The van der Waals surface area contributed by atoms with Gasteiger partial charge >= 0.3 is 6.18 Å². The molecular weight excluding hydrogens is 389 g/mol. The molecule has 7 nitrogen and oxygen atoms in total. The van der Waals surface area contributed by atoms with Crippen LogP contribution in [0.2, 0.25) is 0 Å². The third kappa shape index (κ3) is 4.64. The van der Waals surface area contributed by atoms with E-state index in [1.165, 1.54) is 0 Å². The van der Waals surface area contributed by atoms with Crippen molar-refractivity contribution in [2.24, 2.45) is 0 Å². The normalized spacial score (nSPS) is 15.3. The van der Waals surface area contributed by atoms with E-state index in [2.05, 4.69) is 14.9 Å². The van der Waals surface area contributed by atoms with Crippen molar-refractivity contribution in [2.45, 2.75) is 12.7 Å². The van der Waals surface area contributed by atoms with E-state index in [4.69, 9.17) is 14.2 Å². The van der Waals surface area contributed by atoms with Crippen LogP contribution in [-0.4, -0.2) is 62.4 Å². The third-order valence-corrected chi connectivity index (χ3v) is 4.77. The molecule has 3 rings (SSSR count). The van der Waals surface area contributed by atoms with Crippen molar-refractivity contribution in [2.75, 3.05) is 52.4 Å². The first-order chi connectivity index (χ1) is 13.9. The van der Waals surface area contributed by atoms with E-state index in [1.54, 1.807) is 26.2 Å². The molecule has 1 aliphatic heterocycles. The molecule has 10 heteroatoms. The molecule has 29 heavy (non-hydrogen) atoms. The van der Waals surface area contributed by atoms with Gasteiger partial charge in [-0.15, -0.1) is 0 Å². The first-order valence-electron chi connectivity index (χ1n) is 9.02. The quantitative estimate of drug-likeness (QED) is 0.723. The number of hydrogen-bond acceptors (Lipinski definition) is 7. The van der Waals surface area contributed by atoms with Crippen LogP contribution in [0.15, 0.2) is 24.4 Å². The Labute approximate surface area is 167 Å². The third-order valence-electron chi connectivity index (χ3n) is 4.77. The van der Waals surface area contributed by atoms with E-state index in [0.717, 1.165) is 17.8 Å². The first kappa shape index (κ1) is 21.0. The number of hydrogen-bond donors (Lipinski definition) is 0. The van der Waals surface area contributed by atoms with Gasteiger partial charge in [0, 0.05) is 44.5 Å². The Kier molecular flexibility index (Phi) is 6.31. The molecule has 1 fully saturated rings. The molecule has 0 N–H and O–H groups in total. The van der Waals surface area contributed by atoms with Gasteiger partial charge in [0.15, 0.2) is 11.5 Å². The molecule has 1 saturated heterocycles. The number of piperazine rings is 1. The number of anilines is 1. The molecule has 0 unspecified atom stereocenters. The minimum absolute atomic E-state index is 0.100. The van der Waals surface area contributed by atoms with Crippen LogP contribution in [0.1, 0.15) is 11.3 Å². The van der Waals surface area contributed by atoms with Gasteiger partial charge in [0.1, 0.15) is 5.69 Å². The standard InChI is InChI=1S/C19H23F3N4O3/c1-27-14-5-4-13(16(28-2)17(14)29-3)12-25-8-10-26(11-9-25)18-23-7-6-15(24-18)19(20,21)22/h4-7H,8-12H2,1-3H3. The Bertz CT molecular complexity index is 840. The fourth-order valence-corrected chi connectivity index (χ4v) is 3.29. The number of benzene rings is 1. The summed E-state index contributed by atoms with van der Waals surface area (Å²) < 4.78 is 54.9. The first-order valence-corrected chi connectivity index (χ1v) is 9.02. The summed E-state index contributed by atoms with van der Waals surface area (Å²) in [4.78, 5) is 11.6. The zero-order valence-corrected chi connectivity index (χ0v) is 16.5. The molecule has 0 aliphatic carbocycles. The van der Waals surface area contributed by atoms with Crippen molar-refractivity contribution < 1.29 is 27.4 Å². The second-order valence-corrected chi connectivity index (χ2v) is 6.50. The number of halogens is 3. The lowest BCUT2D eigenvalue weighted by Gasteiger charge is -2.35. The van der Waals surface area contributed by atoms with Gasteiger partial charge in [-0.05, 0) is 12.1 Å². The smallest absolute Gasteiger partial charge is 0.433 e. The summed E-state index contributed by atoms with van der Waals surface area (Å²) in [5, 5.41) is 0. The van der Waals surface area contributed by atoms with E-state index in [-0.39, 0.29) is 5.95 Å². The second kappa shape index (κ2) is 8.73. The van der Waals surface area contributed by atoms with Gasteiger partial charge in [-0.1, -0.05) is 6.07 Å². The summed E-state index contributed by atoms with van der Waals surface area (Å²) in [5.74, 6) is 1.82. The average molecular weight is 412 g/mol.